The van der Waals surface area contributed by atoms with Gasteiger partial charge in [-0.2, -0.15) is 5.10 Å². The number of unbranched alkanes of at least 4 members (excludes halogenated alkanes) is 6. The summed E-state index contributed by atoms with van der Waals surface area (Å²) in [7, 11) is 0. The Morgan fingerprint density at radius 3 is 1.81 bits per heavy atom. The van der Waals surface area contributed by atoms with Crippen LogP contribution in [0.1, 0.15) is 87.6 Å². The van der Waals surface area contributed by atoms with Crippen LogP contribution < -0.4 is 0 Å². The molecule has 0 saturated carbocycles. The first kappa shape index (κ1) is 26.7. The summed E-state index contributed by atoms with van der Waals surface area (Å²) < 4.78 is 2.06. The molecule has 4 rings (SSSR count). The number of aromatic nitrogens is 2. The molecule has 0 atom stereocenters. The van der Waals surface area contributed by atoms with Crippen LogP contribution in [0.2, 0.25) is 0 Å². The van der Waals surface area contributed by atoms with Gasteiger partial charge in [0.05, 0.1) is 17.1 Å². The molecule has 1 heterocycles. The molecular formula is C35H42N2. The molecular weight excluding hydrogens is 448 g/mol. The molecule has 37 heavy (non-hydrogen) atoms. The van der Waals surface area contributed by atoms with E-state index in [0.29, 0.717) is 0 Å². The number of rotatable bonds is 14. The molecule has 192 valence electrons. The quantitative estimate of drug-likeness (QED) is 0.161. The van der Waals surface area contributed by atoms with Crippen molar-refractivity contribution in [1.29, 1.82) is 0 Å². The minimum atomic E-state index is 0.964. The molecule has 4 aromatic rings. The highest BCUT2D eigenvalue weighted by Crippen LogP contribution is 2.26. The third kappa shape index (κ3) is 8.05. The number of hydrogen-bond acceptors (Lipinski definition) is 1. The van der Waals surface area contributed by atoms with Gasteiger partial charge in [-0.15, -0.1) is 0 Å². The van der Waals surface area contributed by atoms with E-state index in [9.17, 15) is 0 Å². The van der Waals surface area contributed by atoms with Crippen molar-refractivity contribution in [2.45, 2.75) is 78.1 Å². The van der Waals surface area contributed by atoms with Gasteiger partial charge >= 0.3 is 0 Å². The summed E-state index contributed by atoms with van der Waals surface area (Å²) >= 11 is 0. The largest absolute Gasteiger partial charge is 0.233 e. The van der Waals surface area contributed by atoms with E-state index in [1.165, 1.54) is 80.0 Å². The fraction of sp³-hybridized carbons (Fsp3) is 0.343. The van der Waals surface area contributed by atoms with Gasteiger partial charge in [0.1, 0.15) is 0 Å². The number of para-hydroxylation sites is 1. The highest BCUT2D eigenvalue weighted by molar-refractivity contribution is 5.72. The van der Waals surface area contributed by atoms with Gasteiger partial charge < -0.3 is 0 Å². The van der Waals surface area contributed by atoms with Crippen molar-refractivity contribution < 1.29 is 0 Å². The van der Waals surface area contributed by atoms with Crippen molar-refractivity contribution in [2.24, 2.45) is 0 Å². The molecule has 1 aromatic heterocycles. The second-order valence-electron chi connectivity index (χ2n) is 10.1. The van der Waals surface area contributed by atoms with Crippen molar-refractivity contribution in [3.05, 3.63) is 107 Å². The topological polar surface area (TPSA) is 17.8 Å². The molecule has 2 nitrogen and oxygen atoms in total. The number of hydrogen-bond donors (Lipinski definition) is 0. The Morgan fingerprint density at radius 2 is 1.22 bits per heavy atom. The molecule has 0 saturated heterocycles. The second-order valence-corrected chi connectivity index (χ2v) is 10.1. The molecule has 0 aliphatic rings. The SMILES string of the molecule is CCCCCCc1ccc(C=Cc2cc(-c3ccc(CCCCCC)cc3)n(-c3ccccc3)n2)cc1. The third-order valence-electron chi connectivity index (χ3n) is 7.04. The lowest BCUT2D eigenvalue weighted by molar-refractivity contribution is 0.667. The van der Waals surface area contributed by atoms with E-state index in [0.717, 1.165) is 23.5 Å². The highest BCUT2D eigenvalue weighted by Gasteiger charge is 2.11. The molecule has 0 unspecified atom stereocenters. The average Bonchev–Trinajstić information content (AvgIpc) is 3.38. The molecule has 0 bridgehead atoms. The zero-order chi connectivity index (χ0) is 25.7. The zero-order valence-corrected chi connectivity index (χ0v) is 22.7. The summed E-state index contributed by atoms with van der Waals surface area (Å²) in [6.45, 7) is 4.53. The Balaban J connectivity index is 1.50. The standard InChI is InChI=1S/C35H42N2/c1-3-5-7-10-14-29-18-20-31(21-19-29)24-27-33-28-35(37(36-33)34-16-12-9-13-17-34)32-25-22-30(23-26-32)15-11-8-6-4-2/h9,12-13,16-28H,3-8,10-11,14-15H2,1-2H3. The summed E-state index contributed by atoms with van der Waals surface area (Å²) in [5, 5.41) is 4.97. The van der Waals surface area contributed by atoms with Crippen molar-refractivity contribution in [3.8, 4) is 16.9 Å². The summed E-state index contributed by atoms with van der Waals surface area (Å²) in [5.74, 6) is 0. The molecule has 0 fully saturated rings. The van der Waals surface area contributed by atoms with Crippen molar-refractivity contribution in [1.82, 2.24) is 9.78 Å². The van der Waals surface area contributed by atoms with E-state index in [4.69, 9.17) is 5.10 Å². The van der Waals surface area contributed by atoms with Gasteiger partial charge in [-0.3, -0.25) is 0 Å². The van der Waals surface area contributed by atoms with E-state index in [-0.39, 0.29) is 0 Å². The number of aryl methyl sites for hydroxylation is 2. The first-order valence-corrected chi connectivity index (χ1v) is 14.3. The lowest BCUT2D eigenvalue weighted by atomic mass is 10.0. The molecule has 0 amide bonds. The van der Waals surface area contributed by atoms with E-state index in [1.54, 1.807) is 0 Å². The average molecular weight is 491 g/mol. The predicted molar refractivity (Wildman–Crippen MR) is 160 cm³/mol. The molecule has 2 heteroatoms. The number of benzene rings is 3. The normalized spacial score (nSPS) is 11.4. The van der Waals surface area contributed by atoms with Crippen LogP contribution in [0.25, 0.3) is 29.1 Å². The van der Waals surface area contributed by atoms with Crippen molar-refractivity contribution >= 4 is 12.2 Å². The maximum Gasteiger partial charge on any atom is 0.0862 e. The van der Waals surface area contributed by atoms with Crippen LogP contribution >= 0.6 is 0 Å². The van der Waals surface area contributed by atoms with E-state index >= 15 is 0 Å². The van der Waals surface area contributed by atoms with Crippen molar-refractivity contribution in [3.63, 3.8) is 0 Å². The van der Waals surface area contributed by atoms with Crippen LogP contribution in [0.15, 0.2) is 84.9 Å². The predicted octanol–water partition coefficient (Wildman–Crippen LogP) is 9.96. The van der Waals surface area contributed by atoms with Gasteiger partial charge in [-0.1, -0.05) is 125 Å². The van der Waals surface area contributed by atoms with Gasteiger partial charge in [-0.05, 0) is 66.6 Å². The van der Waals surface area contributed by atoms with Crippen LogP contribution in [0.5, 0.6) is 0 Å². The van der Waals surface area contributed by atoms with Crippen LogP contribution in [0, 0.1) is 0 Å². The Labute approximate surface area is 224 Å². The van der Waals surface area contributed by atoms with Crippen LogP contribution in [-0.2, 0) is 12.8 Å². The highest BCUT2D eigenvalue weighted by atomic mass is 15.3. The fourth-order valence-corrected chi connectivity index (χ4v) is 4.78. The molecule has 3 aromatic carbocycles. The van der Waals surface area contributed by atoms with Gasteiger partial charge in [0.2, 0.25) is 0 Å². The summed E-state index contributed by atoms with van der Waals surface area (Å²) in [5.41, 5.74) is 8.41. The lowest BCUT2D eigenvalue weighted by Gasteiger charge is -2.08. The Morgan fingerprint density at radius 1 is 0.622 bits per heavy atom. The smallest absolute Gasteiger partial charge is 0.0862 e. The van der Waals surface area contributed by atoms with Gasteiger partial charge in [-0.25, -0.2) is 4.68 Å². The van der Waals surface area contributed by atoms with Gasteiger partial charge in [0.15, 0.2) is 0 Å². The number of nitrogens with zero attached hydrogens (tertiary/aromatic N) is 2. The molecule has 0 N–H and O–H groups in total. The summed E-state index contributed by atoms with van der Waals surface area (Å²) in [4.78, 5) is 0. The zero-order valence-electron chi connectivity index (χ0n) is 22.7. The van der Waals surface area contributed by atoms with Gasteiger partial charge in [0, 0.05) is 5.56 Å². The van der Waals surface area contributed by atoms with E-state index in [2.05, 4.69) is 110 Å². The third-order valence-corrected chi connectivity index (χ3v) is 7.04. The fourth-order valence-electron chi connectivity index (χ4n) is 4.78. The van der Waals surface area contributed by atoms with Crippen molar-refractivity contribution in [2.75, 3.05) is 0 Å². The minimum Gasteiger partial charge on any atom is -0.233 e. The van der Waals surface area contributed by atoms with Crippen LogP contribution in [0.4, 0.5) is 0 Å². The monoisotopic (exact) mass is 490 g/mol. The molecule has 0 aliphatic heterocycles. The van der Waals surface area contributed by atoms with Crippen LogP contribution in [-0.4, -0.2) is 9.78 Å². The molecule has 0 spiro atoms. The maximum atomic E-state index is 4.97. The first-order valence-electron chi connectivity index (χ1n) is 14.3. The summed E-state index contributed by atoms with van der Waals surface area (Å²) in [6, 6.07) is 30.7. The van der Waals surface area contributed by atoms with E-state index < -0.39 is 0 Å². The molecule has 0 radical (unpaired) electrons. The first-order chi connectivity index (χ1) is 18.3. The van der Waals surface area contributed by atoms with Gasteiger partial charge in [0.25, 0.3) is 0 Å². The summed E-state index contributed by atoms with van der Waals surface area (Å²) in [6.07, 6.45) is 17.0. The Kier molecular flexibility index (Phi) is 10.4. The maximum absolute atomic E-state index is 4.97. The Hall–Kier alpha value is -3.39. The molecule has 0 aliphatic carbocycles. The minimum absolute atomic E-state index is 0.964. The Bertz CT molecular complexity index is 1210. The van der Waals surface area contributed by atoms with E-state index in [1.807, 2.05) is 6.07 Å². The lowest BCUT2D eigenvalue weighted by Crippen LogP contribution is -1.99. The van der Waals surface area contributed by atoms with Crippen LogP contribution in [0.3, 0.4) is 0 Å². The second kappa shape index (κ2) is 14.4.